The zero-order valence-electron chi connectivity index (χ0n) is 16.9. The van der Waals surface area contributed by atoms with Crippen LogP contribution in [0.15, 0.2) is 30.3 Å². The maximum atomic E-state index is 12.8. The molecule has 6 heteroatoms. The summed E-state index contributed by atoms with van der Waals surface area (Å²) in [6.07, 6.45) is 2.16. The lowest BCUT2D eigenvalue weighted by Crippen LogP contribution is -2.46. The molecular formula is C22H29N5O. The molecule has 2 aliphatic heterocycles. The molecule has 1 fully saturated rings. The molecule has 1 amide bonds. The molecule has 1 saturated heterocycles. The van der Waals surface area contributed by atoms with E-state index in [0.717, 1.165) is 68.5 Å². The van der Waals surface area contributed by atoms with Crippen molar-refractivity contribution < 1.29 is 4.79 Å². The molecule has 1 aromatic carbocycles. The number of hydrogen-bond acceptors (Lipinski definition) is 5. The summed E-state index contributed by atoms with van der Waals surface area (Å²) < 4.78 is 0. The van der Waals surface area contributed by atoms with Crippen molar-refractivity contribution in [1.29, 1.82) is 0 Å². The standard InChI is InChI=1S/C22H29N5O/c1-17-23-20-10-11-27(21(28)9-8-18-6-4-3-5-7-18)16-19(20)22(24-17)26-14-12-25(2)13-15-26/h3-7H,8-16H2,1-2H3. The number of carbonyl (C=O) groups excluding carboxylic acids is 1. The van der Waals surface area contributed by atoms with Crippen LogP contribution >= 0.6 is 0 Å². The number of likely N-dealkylation sites (N-methyl/N-ethyl adjacent to an activating group) is 1. The number of piperazine rings is 1. The molecule has 6 nitrogen and oxygen atoms in total. The highest BCUT2D eigenvalue weighted by atomic mass is 16.2. The van der Waals surface area contributed by atoms with Crippen LogP contribution in [0, 0.1) is 6.92 Å². The third-order valence-electron chi connectivity index (χ3n) is 5.78. The molecule has 0 N–H and O–H groups in total. The van der Waals surface area contributed by atoms with Gasteiger partial charge in [0.05, 0.1) is 12.2 Å². The molecule has 3 heterocycles. The van der Waals surface area contributed by atoms with Gasteiger partial charge in [0.1, 0.15) is 11.6 Å². The highest BCUT2D eigenvalue weighted by molar-refractivity contribution is 5.77. The van der Waals surface area contributed by atoms with Gasteiger partial charge in [0.15, 0.2) is 0 Å². The Hall–Kier alpha value is -2.47. The number of amides is 1. The molecule has 0 unspecified atom stereocenters. The smallest absolute Gasteiger partial charge is 0.223 e. The zero-order valence-corrected chi connectivity index (χ0v) is 16.9. The average molecular weight is 380 g/mol. The van der Waals surface area contributed by atoms with Crippen LogP contribution in [0.1, 0.15) is 29.1 Å². The predicted molar refractivity (Wildman–Crippen MR) is 110 cm³/mol. The average Bonchev–Trinajstić information content (AvgIpc) is 2.72. The van der Waals surface area contributed by atoms with Crippen LogP contribution in [0.4, 0.5) is 5.82 Å². The molecule has 1 aromatic heterocycles. The molecule has 0 bridgehead atoms. The molecule has 0 atom stereocenters. The topological polar surface area (TPSA) is 52.6 Å². The maximum absolute atomic E-state index is 12.8. The number of nitrogens with zero attached hydrogens (tertiary/aromatic N) is 5. The van der Waals surface area contributed by atoms with Crippen molar-refractivity contribution >= 4 is 11.7 Å². The van der Waals surface area contributed by atoms with Crippen molar-refractivity contribution in [3.8, 4) is 0 Å². The number of fused-ring (bicyclic) bond motifs is 1. The molecule has 28 heavy (non-hydrogen) atoms. The number of hydrogen-bond donors (Lipinski definition) is 0. The minimum atomic E-state index is 0.222. The van der Waals surface area contributed by atoms with Gasteiger partial charge in [-0.05, 0) is 26.0 Å². The first-order chi connectivity index (χ1) is 13.6. The Balaban J connectivity index is 1.48. The minimum Gasteiger partial charge on any atom is -0.354 e. The van der Waals surface area contributed by atoms with E-state index in [1.165, 1.54) is 5.56 Å². The summed E-state index contributed by atoms with van der Waals surface area (Å²) in [5.74, 6) is 2.09. The van der Waals surface area contributed by atoms with E-state index in [0.29, 0.717) is 13.0 Å². The van der Waals surface area contributed by atoms with E-state index in [1.807, 2.05) is 30.0 Å². The summed E-state index contributed by atoms with van der Waals surface area (Å²) in [6.45, 7) is 7.37. The van der Waals surface area contributed by atoms with E-state index in [4.69, 9.17) is 4.98 Å². The van der Waals surface area contributed by atoms with E-state index in [-0.39, 0.29) is 5.91 Å². The minimum absolute atomic E-state index is 0.222. The van der Waals surface area contributed by atoms with Gasteiger partial charge < -0.3 is 14.7 Å². The number of aromatic nitrogens is 2. The second-order valence-corrected chi connectivity index (χ2v) is 7.86. The first-order valence-electron chi connectivity index (χ1n) is 10.2. The molecule has 2 aromatic rings. The van der Waals surface area contributed by atoms with E-state index >= 15 is 0 Å². The first kappa shape index (κ1) is 18.9. The van der Waals surface area contributed by atoms with Crippen LogP contribution in [-0.4, -0.2) is 65.4 Å². The molecule has 0 saturated carbocycles. The zero-order chi connectivity index (χ0) is 19.5. The second-order valence-electron chi connectivity index (χ2n) is 7.86. The predicted octanol–water partition coefficient (Wildman–Crippen LogP) is 2.05. The normalized spacial score (nSPS) is 17.5. The van der Waals surface area contributed by atoms with Gasteiger partial charge in [-0.15, -0.1) is 0 Å². The molecule has 4 rings (SSSR count). The number of carbonyl (C=O) groups is 1. The summed E-state index contributed by atoms with van der Waals surface area (Å²) in [6, 6.07) is 10.2. The summed E-state index contributed by atoms with van der Waals surface area (Å²) >= 11 is 0. The fraction of sp³-hybridized carbons (Fsp3) is 0.500. The van der Waals surface area contributed by atoms with E-state index in [9.17, 15) is 4.79 Å². The SMILES string of the molecule is Cc1nc2c(c(N3CCN(C)CC3)n1)CN(C(=O)CCc1ccccc1)CC2. The van der Waals surface area contributed by atoms with E-state index < -0.39 is 0 Å². The van der Waals surface area contributed by atoms with Gasteiger partial charge in [-0.1, -0.05) is 30.3 Å². The van der Waals surface area contributed by atoms with Gasteiger partial charge in [0.2, 0.25) is 5.91 Å². The van der Waals surface area contributed by atoms with Crippen LogP contribution in [0.5, 0.6) is 0 Å². The number of rotatable bonds is 4. The lowest BCUT2D eigenvalue weighted by Gasteiger charge is -2.37. The molecule has 0 radical (unpaired) electrons. The molecule has 2 aliphatic rings. The van der Waals surface area contributed by atoms with Crippen LogP contribution in [0.2, 0.25) is 0 Å². The molecule has 0 aliphatic carbocycles. The van der Waals surface area contributed by atoms with Gasteiger partial charge in [0, 0.05) is 51.1 Å². The molecule has 148 valence electrons. The number of benzene rings is 1. The fourth-order valence-electron chi connectivity index (χ4n) is 4.06. The third kappa shape index (κ3) is 4.17. The Morgan fingerprint density at radius 3 is 2.54 bits per heavy atom. The Kier molecular flexibility index (Phi) is 5.57. The van der Waals surface area contributed by atoms with Crippen LogP contribution in [0.3, 0.4) is 0 Å². The number of aryl methyl sites for hydroxylation is 2. The van der Waals surface area contributed by atoms with Crippen molar-refractivity contribution in [1.82, 2.24) is 19.8 Å². The molecule has 0 spiro atoms. The third-order valence-corrected chi connectivity index (χ3v) is 5.78. The Bertz CT molecular complexity index is 830. The Labute approximate surface area is 167 Å². The number of anilines is 1. The van der Waals surface area contributed by atoms with Gasteiger partial charge in [-0.3, -0.25) is 4.79 Å². The van der Waals surface area contributed by atoms with Crippen LogP contribution in [0.25, 0.3) is 0 Å². The monoisotopic (exact) mass is 379 g/mol. The fourth-order valence-corrected chi connectivity index (χ4v) is 4.06. The van der Waals surface area contributed by atoms with Crippen molar-refractivity contribution in [2.75, 3.05) is 44.7 Å². The first-order valence-corrected chi connectivity index (χ1v) is 10.2. The summed E-state index contributed by atoms with van der Waals surface area (Å²) in [5.41, 5.74) is 3.48. The Morgan fingerprint density at radius 1 is 1.04 bits per heavy atom. The lowest BCUT2D eigenvalue weighted by molar-refractivity contribution is -0.132. The van der Waals surface area contributed by atoms with E-state index in [1.54, 1.807) is 0 Å². The van der Waals surface area contributed by atoms with Gasteiger partial charge in [-0.2, -0.15) is 0 Å². The largest absolute Gasteiger partial charge is 0.354 e. The van der Waals surface area contributed by atoms with Crippen LogP contribution in [-0.2, 0) is 24.2 Å². The van der Waals surface area contributed by atoms with Gasteiger partial charge in [0.25, 0.3) is 0 Å². The van der Waals surface area contributed by atoms with Crippen molar-refractivity contribution in [3.63, 3.8) is 0 Å². The maximum Gasteiger partial charge on any atom is 0.223 e. The highest BCUT2D eigenvalue weighted by Crippen LogP contribution is 2.28. The second kappa shape index (κ2) is 8.27. The van der Waals surface area contributed by atoms with Crippen LogP contribution < -0.4 is 4.90 Å². The quantitative estimate of drug-likeness (QED) is 0.814. The van der Waals surface area contributed by atoms with Crippen molar-refractivity contribution in [3.05, 3.63) is 53.0 Å². The Morgan fingerprint density at radius 2 is 1.79 bits per heavy atom. The van der Waals surface area contributed by atoms with Gasteiger partial charge >= 0.3 is 0 Å². The summed E-state index contributed by atoms with van der Waals surface area (Å²) in [7, 11) is 2.16. The van der Waals surface area contributed by atoms with E-state index in [2.05, 4.69) is 34.0 Å². The lowest BCUT2D eigenvalue weighted by atomic mass is 10.0. The van der Waals surface area contributed by atoms with Crippen molar-refractivity contribution in [2.45, 2.75) is 32.7 Å². The molecular weight excluding hydrogens is 350 g/mol. The highest BCUT2D eigenvalue weighted by Gasteiger charge is 2.28. The van der Waals surface area contributed by atoms with Gasteiger partial charge in [-0.25, -0.2) is 9.97 Å². The summed E-state index contributed by atoms with van der Waals surface area (Å²) in [4.78, 5) is 29.0. The summed E-state index contributed by atoms with van der Waals surface area (Å²) in [5, 5.41) is 0. The van der Waals surface area contributed by atoms with Crippen molar-refractivity contribution in [2.24, 2.45) is 0 Å².